The maximum absolute atomic E-state index is 4.42. The average molecular weight is 351 g/mol. The van der Waals surface area contributed by atoms with Crippen molar-refractivity contribution in [2.75, 3.05) is 36.0 Å². The lowest BCUT2D eigenvalue weighted by Crippen LogP contribution is -2.22. The van der Waals surface area contributed by atoms with Gasteiger partial charge in [-0.3, -0.25) is 0 Å². The van der Waals surface area contributed by atoms with E-state index in [9.17, 15) is 0 Å². The molecule has 0 bridgehead atoms. The molecule has 0 saturated carbocycles. The molecule has 0 aliphatic rings. The molecular weight excluding hydrogens is 316 g/mol. The molecule has 26 heavy (non-hydrogen) atoms. The quantitative estimate of drug-likeness (QED) is 0.571. The van der Waals surface area contributed by atoms with E-state index in [2.05, 4.69) is 94.3 Å². The number of rotatable bonds is 8. The molecule has 0 radical (unpaired) electrons. The van der Waals surface area contributed by atoms with E-state index in [1.165, 1.54) is 33.6 Å². The summed E-state index contributed by atoms with van der Waals surface area (Å²) in [6.45, 7) is 21.7. The highest BCUT2D eigenvalue weighted by Crippen LogP contribution is 2.31. The number of nitrogens with zero attached hydrogens (tertiary/aromatic N) is 2. The van der Waals surface area contributed by atoms with Crippen LogP contribution in [0.5, 0.6) is 0 Å². The van der Waals surface area contributed by atoms with Crippen LogP contribution in [0.3, 0.4) is 0 Å². The average Bonchev–Trinajstić information content (AvgIpc) is 2.63. The highest BCUT2D eigenvalue weighted by molar-refractivity contribution is 5.82. The molecule has 0 aliphatic heterocycles. The number of hydrogen-bond donors (Lipinski definition) is 0. The molecule has 0 amide bonds. The van der Waals surface area contributed by atoms with Gasteiger partial charge in [-0.1, -0.05) is 18.7 Å². The van der Waals surface area contributed by atoms with Crippen molar-refractivity contribution in [1.29, 1.82) is 0 Å². The first kappa shape index (κ1) is 20.1. The van der Waals surface area contributed by atoms with Gasteiger partial charge in [0.15, 0.2) is 0 Å². The van der Waals surface area contributed by atoms with Gasteiger partial charge in [0.25, 0.3) is 0 Å². The Morgan fingerprint density at radius 3 is 1.31 bits per heavy atom. The number of aryl methyl sites for hydroxylation is 2. The molecule has 0 aromatic heterocycles. The fourth-order valence-corrected chi connectivity index (χ4v) is 3.69. The molecule has 2 heteroatoms. The summed E-state index contributed by atoms with van der Waals surface area (Å²) in [5, 5.41) is 0. The van der Waals surface area contributed by atoms with Crippen molar-refractivity contribution in [2.45, 2.75) is 41.5 Å². The van der Waals surface area contributed by atoms with Crippen LogP contribution >= 0.6 is 0 Å². The van der Waals surface area contributed by atoms with Gasteiger partial charge in [-0.05, 0) is 93.6 Å². The normalized spacial score (nSPS) is 10.7. The first-order valence-electron chi connectivity index (χ1n) is 9.87. The van der Waals surface area contributed by atoms with Gasteiger partial charge in [-0.2, -0.15) is 0 Å². The summed E-state index contributed by atoms with van der Waals surface area (Å²) in [7, 11) is 0. The Morgan fingerprint density at radius 1 is 0.692 bits per heavy atom. The summed E-state index contributed by atoms with van der Waals surface area (Å²) < 4.78 is 0. The highest BCUT2D eigenvalue weighted by Gasteiger charge is 2.12. The van der Waals surface area contributed by atoms with E-state index in [1.807, 2.05) is 0 Å². The van der Waals surface area contributed by atoms with Crippen LogP contribution in [0.1, 0.15) is 49.9 Å². The molecule has 0 spiro atoms. The molecule has 0 atom stereocenters. The van der Waals surface area contributed by atoms with Gasteiger partial charge in [0.2, 0.25) is 0 Å². The standard InChI is InChI=1S/C24H34N2/c1-8-25(9-2)21-12-14-23(18(5)16-21)20(7)24-15-13-22(17-19(24)6)26(10-3)11-4/h12-17H,7-11H2,1-6H3. The summed E-state index contributed by atoms with van der Waals surface area (Å²) in [5.41, 5.74) is 8.73. The third kappa shape index (κ3) is 4.12. The van der Waals surface area contributed by atoms with E-state index in [1.54, 1.807) is 0 Å². The Morgan fingerprint density at radius 2 is 1.04 bits per heavy atom. The van der Waals surface area contributed by atoms with Gasteiger partial charge in [0.1, 0.15) is 0 Å². The second-order valence-corrected chi connectivity index (χ2v) is 6.82. The van der Waals surface area contributed by atoms with Gasteiger partial charge < -0.3 is 9.80 Å². The van der Waals surface area contributed by atoms with Crippen molar-refractivity contribution in [3.63, 3.8) is 0 Å². The maximum Gasteiger partial charge on any atom is 0.0369 e. The minimum absolute atomic E-state index is 1.03. The van der Waals surface area contributed by atoms with Crippen molar-refractivity contribution in [3.05, 3.63) is 65.2 Å². The summed E-state index contributed by atoms with van der Waals surface area (Å²) in [4.78, 5) is 4.76. The molecule has 0 aliphatic carbocycles. The van der Waals surface area contributed by atoms with Crippen molar-refractivity contribution in [3.8, 4) is 0 Å². The van der Waals surface area contributed by atoms with Crippen molar-refractivity contribution < 1.29 is 0 Å². The molecular formula is C24H34N2. The minimum Gasteiger partial charge on any atom is -0.372 e. The zero-order valence-corrected chi connectivity index (χ0v) is 17.4. The Labute approximate surface area is 160 Å². The van der Waals surface area contributed by atoms with E-state index in [-0.39, 0.29) is 0 Å². The molecule has 2 aromatic rings. The second-order valence-electron chi connectivity index (χ2n) is 6.82. The number of anilines is 2. The van der Waals surface area contributed by atoms with Crippen LogP contribution in [0.2, 0.25) is 0 Å². The molecule has 0 N–H and O–H groups in total. The van der Waals surface area contributed by atoms with Crippen LogP contribution in [0.4, 0.5) is 11.4 Å². The maximum atomic E-state index is 4.42. The van der Waals surface area contributed by atoms with Crippen molar-refractivity contribution in [1.82, 2.24) is 0 Å². The number of hydrogen-bond acceptors (Lipinski definition) is 2. The Bertz CT molecular complexity index is 689. The zero-order chi connectivity index (χ0) is 19.3. The van der Waals surface area contributed by atoms with Crippen LogP contribution in [-0.2, 0) is 0 Å². The molecule has 0 saturated heterocycles. The van der Waals surface area contributed by atoms with Gasteiger partial charge >= 0.3 is 0 Å². The SMILES string of the molecule is C=C(c1ccc(N(CC)CC)cc1C)c1ccc(N(CC)CC)cc1C. The lowest BCUT2D eigenvalue weighted by Gasteiger charge is -2.24. The molecule has 2 aromatic carbocycles. The van der Waals surface area contributed by atoms with Crippen LogP contribution in [0, 0.1) is 13.8 Å². The Hall–Kier alpha value is -2.22. The van der Waals surface area contributed by atoms with Crippen LogP contribution in [-0.4, -0.2) is 26.2 Å². The second kappa shape index (κ2) is 8.93. The first-order chi connectivity index (χ1) is 12.5. The van der Waals surface area contributed by atoms with E-state index in [0.29, 0.717) is 0 Å². The van der Waals surface area contributed by atoms with E-state index >= 15 is 0 Å². The largest absolute Gasteiger partial charge is 0.372 e. The topological polar surface area (TPSA) is 6.48 Å². The van der Waals surface area contributed by atoms with Gasteiger partial charge in [-0.15, -0.1) is 0 Å². The molecule has 0 unspecified atom stereocenters. The van der Waals surface area contributed by atoms with Crippen LogP contribution < -0.4 is 9.80 Å². The Balaban J connectivity index is 2.34. The Kier molecular flexibility index (Phi) is 6.90. The number of benzene rings is 2. The fraction of sp³-hybridized carbons (Fsp3) is 0.417. The first-order valence-corrected chi connectivity index (χ1v) is 9.87. The van der Waals surface area contributed by atoms with E-state index in [4.69, 9.17) is 0 Å². The van der Waals surface area contributed by atoms with Gasteiger partial charge in [0, 0.05) is 37.6 Å². The third-order valence-corrected chi connectivity index (χ3v) is 5.33. The van der Waals surface area contributed by atoms with E-state index < -0.39 is 0 Å². The lowest BCUT2D eigenvalue weighted by molar-refractivity contribution is 0.865. The molecule has 2 nitrogen and oxygen atoms in total. The monoisotopic (exact) mass is 350 g/mol. The lowest BCUT2D eigenvalue weighted by atomic mass is 9.92. The molecule has 140 valence electrons. The summed E-state index contributed by atoms with van der Waals surface area (Å²) >= 11 is 0. The van der Waals surface area contributed by atoms with Crippen LogP contribution in [0.15, 0.2) is 43.0 Å². The van der Waals surface area contributed by atoms with Gasteiger partial charge in [0.05, 0.1) is 0 Å². The van der Waals surface area contributed by atoms with E-state index in [0.717, 1.165) is 31.8 Å². The summed E-state index contributed by atoms with van der Waals surface area (Å²) in [6.07, 6.45) is 0. The zero-order valence-electron chi connectivity index (χ0n) is 17.4. The molecule has 0 fully saturated rings. The summed E-state index contributed by atoms with van der Waals surface area (Å²) in [5.74, 6) is 0. The molecule has 0 heterocycles. The van der Waals surface area contributed by atoms with Crippen molar-refractivity contribution >= 4 is 16.9 Å². The molecule has 2 rings (SSSR count). The smallest absolute Gasteiger partial charge is 0.0369 e. The predicted molar refractivity (Wildman–Crippen MR) is 118 cm³/mol. The van der Waals surface area contributed by atoms with Crippen molar-refractivity contribution in [2.24, 2.45) is 0 Å². The van der Waals surface area contributed by atoms with Crippen LogP contribution in [0.25, 0.3) is 5.57 Å². The minimum atomic E-state index is 1.03. The fourth-order valence-electron chi connectivity index (χ4n) is 3.69. The summed E-state index contributed by atoms with van der Waals surface area (Å²) in [6, 6.07) is 13.5. The van der Waals surface area contributed by atoms with Gasteiger partial charge in [-0.25, -0.2) is 0 Å². The highest BCUT2D eigenvalue weighted by atomic mass is 15.1. The third-order valence-electron chi connectivity index (χ3n) is 5.33. The predicted octanol–water partition coefficient (Wildman–Crippen LogP) is 6.06.